The molecule has 0 aliphatic carbocycles. The first-order valence-electron chi connectivity index (χ1n) is 15.0. The van der Waals surface area contributed by atoms with Crippen LogP contribution in [0.2, 0.25) is 0 Å². The average molecular weight is 671 g/mol. The number of aliphatic hydroxyl groups excluding tert-OH is 1. The second-order valence-electron chi connectivity index (χ2n) is 9.32. The third-order valence-electron chi connectivity index (χ3n) is 6.04. The van der Waals surface area contributed by atoms with Crippen LogP contribution in [0.15, 0.2) is 90.9 Å². The molecule has 0 aliphatic heterocycles. The van der Waals surface area contributed by atoms with Crippen LogP contribution in [0.4, 0.5) is 0 Å². The lowest BCUT2D eigenvalue weighted by atomic mass is 10.0. The van der Waals surface area contributed by atoms with Gasteiger partial charge in [-0.05, 0) is 54.2 Å². The summed E-state index contributed by atoms with van der Waals surface area (Å²) in [6, 6.07) is 23.5. The van der Waals surface area contributed by atoms with Gasteiger partial charge in [0.05, 0.1) is 66.4 Å². The van der Waals surface area contributed by atoms with Gasteiger partial charge in [0.1, 0.15) is 5.57 Å². The Bertz CT molecular complexity index is 1330. The van der Waals surface area contributed by atoms with Gasteiger partial charge in [-0.2, -0.15) is 0 Å². The van der Waals surface area contributed by atoms with Crippen molar-refractivity contribution in [3.8, 4) is 0 Å². The van der Waals surface area contributed by atoms with Crippen molar-refractivity contribution in [2.45, 2.75) is 61.9 Å². The molecule has 0 fully saturated rings. The Hall–Kier alpha value is -4.44. The molecule has 0 bridgehead atoms. The Morgan fingerprint density at radius 1 is 0.625 bits per heavy atom. The molecule has 9 nitrogen and oxygen atoms in total. The maximum atomic E-state index is 11.6. The smallest absolute Gasteiger partial charge is 0.341 e. The number of benzene rings is 3. The summed E-state index contributed by atoms with van der Waals surface area (Å²) in [6.07, 6.45) is 2.71. The summed E-state index contributed by atoms with van der Waals surface area (Å²) in [7, 11) is 8.95. The first kappa shape index (κ1) is 48.0. The van der Waals surface area contributed by atoms with E-state index in [4.69, 9.17) is 24.1 Å². The van der Waals surface area contributed by atoms with E-state index in [1.54, 1.807) is 21.1 Å². The van der Waals surface area contributed by atoms with Gasteiger partial charge in [-0.3, -0.25) is 0 Å². The molecule has 0 unspecified atom stereocenters. The number of hydrogen-bond donors (Lipinski definition) is 1. The molecule has 1 N–H and O–H groups in total. The van der Waals surface area contributed by atoms with Crippen LogP contribution in [0.1, 0.15) is 61.6 Å². The summed E-state index contributed by atoms with van der Waals surface area (Å²) in [5.74, 6) is -0.799. The van der Waals surface area contributed by atoms with Gasteiger partial charge in [-0.1, -0.05) is 94.1 Å². The van der Waals surface area contributed by atoms with E-state index in [1.165, 1.54) is 52.1 Å². The van der Waals surface area contributed by atoms with Gasteiger partial charge in [-0.25, -0.2) is 9.59 Å². The van der Waals surface area contributed by atoms with E-state index in [0.717, 1.165) is 22.3 Å². The highest BCUT2D eigenvalue weighted by molar-refractivity contribution is 6.16. The summed E-state index contributed by atoms with van der Waals surface area (Å²) in [5.41, 5.74) is 7.22. The van der Waals surface area contributed by atoms with Crippen LogP contribution in [0.3, 0.4) is 0 Å². The summed E-state index contributed by atoms with van der Waals surface area (Å²) in [5, 5.41) is 8.72. The minimum absolute atomic E-state index is 0. The maximum Gasteiger partial charge on any atom is 0.341 e. The van der Waals surface area contributed by atoms with E-state index >= 15 is 0 Å². The van der Waals surface area contributed by atoms with Gasteiger partial charge in [0.15, 0.2) is 0 Å². The van der Waals surface area contributed by atoms with E-state index in [9.17, 15) is 9.59 Å². The van der Waals surface area contributed by atoms with E-state index in [2.05, 4.69) is 28.5 Å². The van der Waals surface area contributed by atoms with Crippen LogP contribution in [0.25, 0.3) is 5.57 Å². The molecule has 48 heavy (non-hydrogen) atoms. The first-order valence-corrected chi connectivity index (χ1v) is 15.0. The molecular formula is C39H58O9. The van der Waals surface area contributed by atoms with Gasteiger partial charge in [0.2, 0.25) is 0 Å². The Balaban J connectivity index is -0.000000571. The average Bonchev–Trinajstić information content (AvgIpc) is 3.10. The molecule has 0 amide bonds. The number of hydrogen-bond acceptors (Lipinski definition) is 9. The Morgan fingerprint density at radius 3 is 1.44 bits per heavy atom. The lowest BCUT2D eigenvalue weighted by Gasteiger charge is -2.10. The molecule has 0 spiro atoms. The number of aryl methyl sites for hydroxylation is 2. The van der Waals surface area contributed by atoms with Crippen LogP contribution in [-0.2, 0) is 57.8 Å². The van der Waals surface area contributed by atoms with Gasteiger partial charge in [0.25, 0.3) is 0 Å². The fraction of sp³-hybridized carbons (Fsp3) is 0.385. The van der Waals surface area contributed by atoms with Crippen molar-refractivity contribution in [3.63, 3.8) is 0 Å². The molecule has 3 rings (SSSR count). The highest BCUT2D eigenvalue weighted by Crippen LogP contribution is 2.21. The summed E-state index contributed by atoms with van der Waals surface area (Å²) in [6.45, 7) is 11.0. The topological polar surface area (TPSA) is 110 Å². The normalized spacial score (nSPS) is 9.92. The number of rotatable bonds is 10. The molecular weight excluding hydrogens is 612 g/mol. The molecule has 0 radical (unpaired) electrons. The van der Waals surface area contributed by atoms with Crippen LogP contribution in [0, 0.1) is 13.8 Å². The molecule has 9 heteroatoms. The molecule has 3 aromatic carbocycles. The third kappa shape index (κ3) is 19.9. The molecule has 0 aliphatic rings. The number of methoxy groups -OCH3 is 6. The standard InChI is InChI=1S/C13H16O4.C9H12O.C8H10O.C6H10O3.C2H6.CH4/c1-15-8-10-6-4-5-7-11(10)12(9-16-2)13(14)17-3;1-8-5-3-4-6-9(8)7-10-2;1-7-4-2-3-5-8(7)6-9;1-5(4-8-2)6(7)9-3;1-2;/h4-7,9H,8H2,1-3H3;3-6H,7H2,1-2H3;2-5,9H,6H2,1H3;4H,1-3H3;1-2H3;1H4/b12-9+;;;5-4+;;. The first-order chi connectivity index (χ1) is 22.6. The Morgan fingerprint density at radius 2 is 1.04 bits per heavy atom. The van der Waals surface area contributed by atoms with E-state index < -0.39 is 5.97 Å². The Kier molecular flexibility index (Phi) is 31.1. The largest absolute Gasteiger partial charge is 0.504 e. The quantitative estimate of drug-likeness (QED) is 0.130. The van der Waals surface area contributed by atoms with Gasteiger partial charge >= 0.3 is 11.9 Å². The van der Waals surface area contributed by atoms with Crippen LogP contribution >= 0.6 is 0 Å². The van der Waals surface area contributed by atoms with Gasteiger partial charge in [0, 0.05) is 14.2 Å². The zero-order valence-electron chi connectivity index (χ0n) is 29.9. The van der Waals surface area contributed by atoms with Crippen molar-refractivity contribution in [3.05, 3.63) is 124 Å². The fourth-order valence-corrected chi connectivity index (χ4v) is 3.61. The molecule has 0 saturated carbocycles. The lowest BCUT2D eigenvalue weighted by molar-refractivity contribution is -0.136. The summed E-state index contributed by atoms with van der Waals surface area (Å²) in [4.78, 5) is 22.2. The lowest BCUT2D eigenvalue weighted by Crippen LogP contribution is -2.07. The van der Waals surface area contributed by atoms with Crippen molar-refractivity contribution in [1.29, 1.82) is 0 Å². The zero-order valence-corrected chi connectivity index (χ0v) is 29.9. The van der Waals surface area contributed by atoms with Gasteiger partial charge < -0.3 is 33.5 Å². The van der Waals surface area contributed by atoms with Crippen molar-refractivity contribution >= 4 is 17.5 Å². The number of carbonyl (C=O) groups is 2. The predicted molar refractivity (Wildman–Crippen MR) is 194 cm³/mol. The van der Waals surface area contributed by atoms with Crippen molar-refractivity contribution in [1.82, 2.24) is 0 Å². The van der Waals surface area contributed by atoms with E-state index in [-0.39, 0.29) is 20.0 Å². The third-order valence-corrected chi connectivity index (χ3v) is 6.04. The highest BCUT2D eigenvalue weighted by Gasteiger charge is 2.16. The number of carbonyl (C=O) groups excluding carboxylic acids is 2. The zero-order chi connectivity index (χ0) is 36.0. The molecule has 0 heterocycles. The second-order valence-corrected chi connectivity index (χ2v) is 9.32. The SMILES string of the molecule is C.CC.CO/C=C(/C(=O)OC)c1ccccc1COC.CO/C=C(\C)C(=O)OC.COCc1ccccc1C.Cc1ccccc1CO. The number of ether oxygens (including phenoxy) is 6. The molecule has 3 aromatic rings. The molecule has 268 valence electrons. The summed E-state index contributed by atoms with van der Waals surface area (Å²) < 4.78 is 28.7. The van der Waals surface area contributed by atoms with Crippen LogP contribution < -0.4 is 0 Å². The minimum atomic E-state index is -0.435. The molecule has 0 atom stereocenters. The van der Waals surface area contributed by atoms with Crippen LogP contribution in [-0.4, -0.2) is 59.7 Å². The van der Waals surface area contributed by atoms with Gasteiger partial charge in [-0.15, -0.1) is 0 Å². The van der Waals surface area contributed by atoms with Crippen molar-refractivity contribution < 1.29 is 43.1 Å². The van der Waals surface area contributed by atoms with E-state index in [0.29, 0.717) is 24.4 Å². The molecule has 0 aromatic heterocycles. The minimum Gasteiger partial charge on any atom is -0.504 e. The van der Waals surface area contributed by atoms with Crippen molar-refractivity contribution in [2.75, 3.05) is 42.7 Å². The summed E-state index contributed by atoms with van der Waals surface area (Å²) >= 11 is 0. The number of esters is 2. The highest BCUT2D eigenvalue weighted by atomic mass is 16.5. The molecule has 0 saturated heterocycles. The Labute approximate surface area is 289 Å². The van der Waals surface area contributed by atoms with Crippen LogP contribution in [0.5, 0.6) is 0 Å². The predicted octanol–water partition coefficient (Wildman–Crippen LogP) is 7.99. The monoisotopic (exact) mass is 670 g/mol. The fourth-order valence-electron chi connectivity index (χ4n) is 3.61. The van der Waals surface area contributed by atoms with E-state index in [1.807, 2.05) is 81.4 Å². The number of aliphatic hydroxyl groups is 1. The van der Waals surface area contributed by atoms with Crippen molar-refractivity contribution in [2.24, 2.45) is 0 Å². The maximum absolute atomic E-state index is 11.6. The second kappa shape index (κ2) is 31.2.